The van der Waals surface area contributed by atoms with E-state index in [2.05, 4.69) is 28.9 Å². The molecule has 3 atom stereocenters. The summed E-state index contributed by atoms with van der Waals surface area (Å²) in [6, 6.07) is 4.11. The van der Waals surface area contributed by atoms with Crippen LogP contribution in [0.4, 0.5) is 0 Å². The van der Waals surface area contributed by atoms with Crippen molar-refractivity contribution >= 4 is 27.5 Å². The van der Waals surface area contributed by atoms with Crippen molar-refractivity contribution in [1.29, 1.82) is 0 Å². The van der Waals surface area contributed by atoms with Crippen molar-refractivity contribution in [3.8, 4) is 5.75 Å². The molecule has 0 amide bonds. The fourth-order valence-electron chi connectivity index (χ4n) is 2.71. The van der Waals surface area contributed by atoms with E-state index in [-0.39, 0.29) is 11.5 Å². The molecule has 2 rings (SSSR count). The second-order valence-electron chi connectivity index (χ2n) is 5.02. The van der Waals surface area contributed by atoms with Crippen LogP contribution in [0.3, 0.4) is 0 Å². The van der Waals surface area contributed by atoms with E-state index in [0.29, 0.717) is 5.92 Å². The summed E-state index contributed by atoms with van der Waals surface area (Å²) in [5.74, 6) is 1.22. The Morgan fingerprint density at radius 2 is 2.26 bits per heavy atom. The molecule has 2 nitrogen and oxygen atoms in total. The second-order valence-corrected chi connectivity index (χ2v) is 6.34. The number of ether oxygens (including phenoxy) is 2. The van der Waals surface area contributed by atoms with Crippen LogP contribution >= 0.6 is 27.5 Å². The van der Waals surface area contributed by atoms with Crippen molar-refractivity contribution in [2.75, 3.05) is 13.7 Å². The summed E-state index contributed by atoms with van der Waals surface area (Å²) in [5.41, 5.74) is 2.20. The van der Waals surface area contributed by atoms with Gasteiger partial charge in [0.2, 0.25) is 0 Å². The molecule has 0 aromatic heterocycles. The van der Waals surface area contributed by atoms with Crippen LogP contribution < -0.4 is 4.74 Å². The first-order valence-electron chi connectivity index (χ1n) is 6.68. The molecule has 106 valence electrons. The van der Waals surface area contributed by atoms with Gasteiger partial charge in [-0.2, -0.15) is 0 Å². The average Bonchev–Trinajstić information content (AvgIpc) is 2.88. The van der Waals surface area contributed by atoms with E-state index < -0.39 is 0 Å². The zero-order chi connectivity index (χ0) is 14.0. The second kappa shape index (κ2) is 6.47. The maximum Gasteiger partial charge on any atom is 0.123 e. The Morgan fingerprint density at radius 3 is 2.89 bits per heavy atom. The van der Waals surface area contributed by atoms with E-state index >= 15 is 0 Å². The average molecular weight is 348 g/mol. The standard InChI is InChI=1S/C15H20BrClO2/c1-4-13-10(5-6-19-13)15(17)11-8-12(16)9(2)7-14(11)18-3/h7-8,10,13,15H,4-6H2,1-3H3. The Labute approximate surface area is 128 Å². The summed E-state index contributed by atoms with van der Waals surface area (Å²) in [7, 11) is 1.69. The molecule has 1 aliphatic rings. The van der Waals surface area contributed by atoms with Gasteiger partial charge in [-0.3, -0.25) is 0 Å². The largest absolute Gasteiger partial charge is 0.496 e. The summed E-state index contributed by atoms with van der Waals surface area (Å²) in [6.45, 7) is 5.00. The molecule has 0 aliphatic carbocycles. The smallest absolute Gasteiger partial charge is 0.123 e. The van der Waals surface area contributed by atoms with Crippen LogP contribution in [0.2, 0.25) is 0 Å². The van der Waals surface area contributed by atoms with Crippen LogP contribution in [-0.4, -0.2) is 19.8 Å². The van der Waals surface area contributed by atoms with Gasteiger partial charge in [0.05, 0.1) is 18.6 Å². The molecule has 0 radical (unpaired) electrons. The highest BCUT2D eigenvalue weighted by Gasteiger charge is 2.34. The predicted octanol–water partition coefficient (Wildman–Crippen LogP) is 4.86. The Morgan fingerprint density at radius 1 is 1.53 bits per heavy atom. The third-order valence-corrected chi connectivity index (χ3v) is 5.26. The summed E-state index contributed by atoms with van der Waals surface area (Å²) >= 11 is 10.3. The lowest BCUT2D eigenvalue weighted by atomic mass is 9.90. The van der Waals surface area contributed by atoms with Crippen molar-refractivity contribution in [1.82, 2.24) is 0 Å². The molecule has 1 aliphatic heterocycles. The monoisotopic (exact) mass is 346 g/mol. The van der Waals surface area contributed by atoms with Gasteiger partial charge < -0.3 is 9.47 Å². The zero-order valence-corrected chi connectivity index (χ0v) is 13.9. The van der Waals surface area contributed by atoms with E-state index in [4.69, 9.17) is 21.1 Å². The third-order valence-electron chi connectivity index (χ3n) is 3.85. The number of alkyl halides is 1. The highest BCUT2D eigenvalue weighted by molar-refractivity contribution is 9.10. The molecule has 1 fully saturated rings. The molecular formula is C15H20BrClO2. The fourth-order valence-corrected chi connectivity index (χ4v) is 3.53. The SMILES string of the molecule is CCC1OCCC1C(Cl)c1cc(Br)c(C)cc1OC. The van der Waals surface area contributed by atoms with Gasteiger partial charge in [-0.05, 0) is 37.5 Å². The molecule has 1 aromatic carbocycles. The topological polar surface area (TPSA) is 18.5 Å². The summed E-state index contributed by atoms with van der Waals surface area (Å²) < 4.78 is 12.3. The molecular weight excluding hydrogens is 328 g/mol. The fraction of sp³-hybridized carbons (Fsp3) is 0.600. The molecule has 4 heteroatoms. The van der Waals surface area contributed by atoms with E-state index in [9.17, 15) is 0 Å². The summed E-state index contributed by atoms with van der Waals surface area (Å²) in [5, 5.41) is -0.0701. The normalized spacial score (nSPS) is 24.5. The predicted molar refractivity (Wildman–Crippen MR) is 82.2 cm³/mol. The molecule has 1 heterocycles. The van der Waals surface area contributed by atoms with E-state index in [1.54, 1.807) is 7.11 Å². The first kappa shape index (κ1) is 15.1. The number of halogens is 2. The number of rotatable bonds is 4. The van der Waals surface area contributed by atoms with Gasteiger partial charge in [-0.25, -0.2) is 0 Å². The maximum atomic E-state index is 6.71. The van der Waals surface area contributed by atoms with E-state index in [1.165, 1.54) is 0 Å². The number of methoxy groups -OCH3 is 1. The van der Waals surface area contributed by atoms with Gasteiger partial charge >= 0.3 is 0 Å². The quantitative estimate of drug-likeness (QED) is 0.724. The lowest BCUT2D eigenvalue weighted by molar-refractivity contribution is 0.0863. The van der Waals surface area contributed by atoms with Gasteiger partial charge in [0.1, 0.15) is 5.75 Å². The number of hydrogen-bond donors (Lipinski definition) is 0. The van der Waals surface area contributed by atoms with Crippen molar-refractivity contribution in [3.63, 3.8) is 0 Å². The Balaban J connectivity index is 2.32. The van der Waals surface area contributed by atoms with Crippen LogP contribution in [0, 0.1) is 12.8 Å². The van der Waals surface area contributed by atoms with Crippen LogP contribution in [0.5, 0.6) is 5.75 Å². The minimum absolute atomic E-state index is 0.0701. The van der Waals surface area contributed by atoms with Crippen molar-refractivity contribution in [2.24, 2.45) is 5.92 Å². The van der Waals surface area contributed by atoms with Crippen LogP contribution in [0.25, 0.3) is 0 Å². The molecule has 0 spiro atoms. The van der Waals surface area contributed by atoms with Crippen molar-refractivity contribution < 1.29 is 9.47 Å². The highest BCUT2D eigenvalue weighted by atomic mass is 79.9. The van der Waals surface area contributed by atoms with Gasteiger partial charge in [0, 0.05) is 22.6 Å². The third kappa shape index (κ3) is 3.09. The first-order valence-corrected chi connectivity index (χ1v) is 7.91. The Bertz CT molecular complexity index is 450. The summed E-state index contributed by atoms with van der Waals surface area (Å²) in [4.78, 5) is 0. The molecule has 0 saturated carbocycles. The molecule has 19 heavy (non-hydrogen) atoms. The van der Waals surface area contributed by atoms with Gasteiger partial charge in [-0.1, -0.05) is 22.9 Å². The van der Waals surface area contributed by atoms with Crippen LogP contribution in [0.15, 0.2) is 16.6 Å². The minimum Gasteiger partial charge on any atom is -0.496 e. The molecule has 0 N–H and O–H groups in total. The van der Waals surface area contributed by atoms with Gasteiger partial charge in [0.25, 0.3) is 0 Å². The van der Waals surface area contributed by atoms with E-state index in [0.717, 1.165) is 40.8 Å². The molecule has 0 bridgehead atoms. The first-order chi connectivity index (χ1) is 9.08. The lowest BCUT2D eigenvalue weighted by Gasteiger charge is -2.24. The molecule has 1 saturated heterocycles. The number of hydrogen-bond acceptors (Lipinski definition) is 2. The van der Waals surface area contributed by atoms with E-state index in [1.807, 2.05) is 13.0 Å². The lowest BCUT2D eigenvalue weighted by Crippen LogP contribution is -2.19. The van der Waals surface area contributed by atoms with Gasteiger partial charge in [0.15, 0.2) is 0 Å². The molecule has 3 unspecified atom stereocenters. The van der Waals surface area contributed by atoms with Gasteiger partial charge in [-0.15, -0.1) is 11.6 Å². The van der Waals surface area contributed by atoms with Crippen LogP contribution in [-0.2, 0) is 4.74 Å². The minimum atomic E-state index is -0.0701. The van der Waals surface area contributed by atoms with Crippen LogP contribution in [0.1, 0.15) is 36.3 Å². The highest BCUT2D eigenvalue weighted by Crippen LogP contribution is 2.43. The maximum absolute atomic E-state index is 6.71. The summed E-state index contributed by atoms with van der Waals surface area (Å²) in [6.07, 6.45) is 2.28. The zero-order valence-electron chi connectivity index (χ0n) is 11.6. The number of benzene rings is 1. The van der Waals surface area contributed by atoms with Crippen molar-refractivity contribution in [2.45, 2.75) is 38.2 Å². The van der Waals surface area contributed by atoms with Crippen molar-refractivity contribution in [3.05, 3.63) is 27.7 Å². The Hall–Kier alpha value is -0.250. The molecule has 1 aromatic rings. The number of aryl methyl sites for hydroxylation is 1. The Kier molecular flexibility index (Phi) is 5.15.